The molecule has 0 atom stereocenters. The van der Waals surface area contributed by atoms with Crippen LogP contribution in [0.3, 0.4) is 0 Å². The Hall–Kier alpha value is -2.67. The number of aryl methyl sites for hydroxylation is 1. The Balaban J connectivity index is 1.95. The third-order valence-electron chi connectivity index (χ3n) is 4.11. The van der Waals surface area contributed by atoms with Gasteiger partial charge in [-0.05, 0) is 42.3 Å². The van der Waals surface area contributed by atoms with Gasteiger partial charge in [0.25, 0.3) is 0 Å². The predicted octanol–water partition coefficient (Wildman–Crippen LogP) is 4.45. The largest absolute Gasteiger partial charge is 0.219 e. The van der Waals surface area contributed by atoms with Gasteiger partial charge in [0.1, 0.15) is 0 Å². The fourth-order valence-corrected chi connectivity index (χ4v) is 3.00. The van der Waals surface area contributed by atoms with Gasteiger partial charge < -0.3 is 0 Å². The summed E-state index contributed by atoms with van der Waals surface area (Å²) in [6.07, 6.45) is 2.11. The Bertz CT molecular complexity index is 860. The van der Waals surface area contributed by atoms with Gasteiger partial charge in [0, 0.05) is 12.1 Å². The van der Waals surface area contributed by atoms with Crippen LogP contribution in [0.5, 0.6) is 0 Å². The smallest absolute Gasteiger partial charge is 0.160 e. The maximum atomic E-state index is 4.23. The number of hydrogen-bond donors (Lipinski definition) is 0. The average molecular weight is 270 g/mol. The summed E-state index contributed by atoms with van der Waals surface area (Å²) in [6, 6.07) is 21.5. The van der Waals surface area contributed by atoms with E-state index in [-0.39, 0.29) is 0 Å². The molecule has 4 rings (SSSR count). The minimum atomic E-state index is 1.06. The van der Waals surface area contributed by atoms with Crippen LogP contribution in [0.2, 0.25) is 0 Å². The number of pyridine rings is 1. The van der Waals surface area contributed by atoms with E-state index in [1.807, 2.05) is 6.07 Å². The lowest BCUT2D eigenvalue weighted by Gasteiger charge is -2.03. The van der Waals surface area contributed by atoms with Crippen LogP contribution < -0.4 is 4.57 Å². The molecule has 0 saturated heterocycles. The molecule has 2 heterocycles. The van der Waals surface area contributed by atoms with Crippen molar-refractivity contribution in [2.75, 3.05) is 0 Å². The summed E-state index contributed by atoms with van der Waals surface area (Å²) in [5.74, 6) is 0. The number of aromatic nitrogens is 1. The van der Waals surface area contributed by atoms with Gasteiger partial charge in [0.2, 0.25) is 11.4 Å². The van der Waals surface area contributed by atoms with Gasteiger partial charge in [-0.3, -0.25) is 0 Å². The molecule has 1 aliphatic rings. The molecule has 3 aromatic rings. The second-order valence-corrected chi connectivity index (χ2v) is 5.53. The van der Waals surface area contributed by atoms with Crippen LogP contribution in [0.25, 0.3) is 28.1 Å². The second-order valence-electron chi connectivity index (χ2n) is 5.53. The first kappa shape index (κ1) is 12.1. The molecule has 2 aromatic carbocycles. The van der Waals surface area contributed by atoms with Crippen LogP contribution in [0.15, 0.2) is 73.4 Å². The number of hydrogen-bond acceptors (Lipinski definition) is 0. The van der Waals surface area contributed by atoms with Crippen LogP contribution in [-0.2, 0) is 0 Å². The molecule has 1 aromatic heterocycles. The average Bonchev–Trinajstić information content (AvgIpc) is 2.80. The highest BCUT2D eigenvalue weighted by Gasteiger charge is 2.30. The van der Waals surface area contributed by atoms with Crippen molar-refractivity contribution >= 4 is 5.70 Å². The lowest BCUT2D eigenvalue weighted by molar-refractivity contribution is -0.562. The van der Waals surface area contributed by atoms with E-state index in [1.165, 1.54) is 33.5 Å². The maximum absolute atomic E-state index is 4.23. The molecular formula is C20H16N+. The SMILES string of the molecule is C=C1c2ccc(-c3ccccc3)cc2-c2cc(C)cc[n+]21. The summed E-state index contributed by atoms with van der Waals surface area (Å²) >= 11 is 0. The van der Waals surface area contributed by atoms with Crippen LogP contribution in [0.1, 0.15) is 11.1 Å². The van der Waals surface area contributed by atoms with Gasteiger partial charge in [-0.15, -0.1) is 0 Å². The van der Waals surface area contributed by atoms with Gasteiger partial charge in [-0.1, -0.05) is 36.4 Å². The first-order valence-electron chi connectivity index (χ1n) is 7.16. The third kappa shape index (κ3) is 1.82. The molecule has 0 fully saturated rings. The molecule has 1 aliphatic heterocycles. The molecule has 0 saturated carbocycles. The molecule has 21 heavy (non-hydrogen) atoms. The Kier molecular flexibility index (Phi) is 2.55. The zero-order chi connectivity index (χ0) is 14.4. The molecule has 0 bridgehead atoms. The van der Waals surface area contributed by atoms with E-state index in [2.05, 4.69) is 78.9 Å². The Morgan fingerprint density at radius 2 is 1.62 bits per heavy atom. The van der Waals surface area contributed by atoms with Gasteiger partial charge >= 0.3 is 0 Å². The molecule has 0 N–H and O–H groups in total. The zero-order valence-electron chi connectivity index (χ0n) is 12.0. The summed E-state index contributed by atoms with van der Waals surface area (Å²) in [6.45, 7) is 6.36. The minimum absolute atomic E-state index is 1.06. The Morgan fingerprint density at radius 1 is 0.810 bits per heavy atom. The van der Waals surface area contributed by atoms with Gasteiger partial charge in [0.15, 0.2) is 6.20 Å². The monoisotopic (exact) mass is 270 g/mol. The number of benzene rings is 2. The van der Waals surface area contributed by atoms with Crippen LogP contribution in [0, 0.1) is 6.92 Å². The lowest BCUT2D eigenvalue weighted by Crippen LogP contribution is -2.29. The molecule has 0 spiro atoms. The third-order valence-corrected chi connectivity index (χ3v) is 4.11. The normalized spacial score (nSPS) is 12.1. The second kappa shape index (κ2) is 4.42. The van der Waals surface area contributed by atoms with Crippen molar-refractivity contribution in [3.8, 4) is 22.4 Å². The molecule has 1 heteroatoms. The van der Waals surface area contributed by atoms with Crippen LogP contribution >= 0.6 is 0 Å². The van der Waals surface area contributed by atoms with Crippen molar-refractivity contribution in [2.24, 2.45) is 0 Å². The van der Waals surface area contributed by atoms with E-state index in [4.69, 9.17) is 0 Å². The fraction of sp³-hybridized carbons (Fsp3) is 0.0500. The summed E-state index contributed by atoms with van der Waals surface area (Å²) in [4.78, 5) is 0. The highest BCUT2D eigenvalue weighted by atomic mass is 15.0. The standard InChI is InChI=1S/C20H16N/c1-14-10-11-21-15(2)18-9-8-17(13-19(18)20(21)12-14)16-6-4-3-5-7-16/h3-13H,2H2,1H3/q+1. The lowest BCUT2D eigenvalue weighted by atomic mass is 9.98. The topological polar surface area (TPSA) is 3.88 Å². The molecular weight excluding hydrogens is 254 g/mol. The van der Waals surface area contributed by atoms with Crippen molar-refractivity contribution < 1.29 is 4.57 Å². The van der Waals surface area contributed by atoms with E-state index in [1.54, 1.807) is 0 Å². The quantitative estimate of drug-likeness (QED) is 0.450. The summed E-state index contributed by atoms with van der Waals surface area (Å²) in [7, 11) is 0. The summed E-state index contributed by atoms with van der Waals surface area (Å²) < 4.78 is 2.17. The van der Waals surface area contributed by atoms with E-state index in [0.717, 1.165) is 5.70 Å². The highest BCUT2D eigenvalue weighted by molar-refractivity contribution is 5.83. The van der Waals surface area contributed by atoms with Gasteiger partial charge in [-0.25, -0.2) is 0 Å². The minimum Gasteiger partial charge on any atom is -0.160 e. The fourth-order valence-electron chi connectivity index (χ4n) is 3.00. The van der Waals surface area contributed by atoms with Crippen molar-refractivity contribution in [1.29, 1.82) is 0 Å². The van der Waals surface area contributed by atoms with Gasteiger partial charge in [-0.2, -0.15) is 4.57 Å². The van der Waals surface area contributed by atoms with Crippen molar-refractivity contribution in [3.05, 3.63) is 84.6 Å². The molecule has 1 nitrogen and oxygen atoms in total. The summed E-state index contributed by atoms with van der Waals surface area (Å²) in [5, 5.41) is 0. The molecule has 0 aliphatic carbocycles. The van der Waals surface area contributed by atoms with E-state index >= 15 is 0 Å². The first-order valence-corrected chi connectivity index (χ1v) is 7.16. The van der Waals surface area contributed by atoms with E-state index < -0.39 is 0 Å². The molecule has 0 amide bonds. The molecule has 100 valence electrons. The number of fused-ring (bicyclic) bond motifs is 3. The Morgan fingerprint density at radius 3 is 2.43 bits per heavy atom. The van der Waals surface area contributed by atoms with Crippen molar-refractivity contribution in [2.45, 2.75) is 6.92 Å². The highest BCUT2D eigenvalue weighted by Crippen LogP contribution is 2.35. The van der Waals surface area contributed by atoms with Crippen LogP contribution in [-0.4, -0.2) is 0 Å². The maximum Gasteiger partial charge on any atom is 0.219 e. The van der Waals surface area contributed by atoms with E-state index in [0.29, 0.717) is 0 Å². The van der Waals surface area contributed by atoms with E-state index in [9.17, 15) is 0 Å². The zero-order valence-corrected chi connectivity index (χ0v) is 12.0. The van der Waals surface area contributed by atoms with Crippen molar-refractivity contribution in [1.82, 2.24) is 0 Å². The molecule has 0 radical (unpaired) electrons. The first-order chi connectivity index (χ1) is 10.2. The molecule has 0 unspecified atom stereocenters. The number of rotatable bonds is 1. The summed E-state index contributed by atoms with van der Waals surface area (Å²) in [5.41, 5.74) is 8.54. The Labute approximate surface area is 124 Å². The predicted molar refractivity (Wildman–Crippen MR) is 86.7 cm³/mol. The van der Waals surface area contributed by atoms with Crippen LogP contribution in [0.4, 0.5) is 0 Å². The van der Waals surface area contributed by atoms with Gasteiger partial charge in [0.05, 0.1) is 11.1 Å². The number of nitrogens with zero attached hydrogens (tertiary/aromatic N) is 1. The van der Waals surface area contributed by atoms with Crippen molar-refractivity contribution in [3.63, 3.8) is 0 Å².